The number of nitriles is 1. The normalized spacial score (nSPS) is 17.7. The summed E-state index contributed by atoms with van der Waals surface area (Å²) in [6, 6.07) is 14.6. The van der Waals surface area contributed by atoms with E-state index < -0.39 is 0 Å². The lowest BCUT2D eigenvalue weighted by atomic mass is 9.95. The Morgan fingerprint density at radius 1 is 0.967 bits per heavy atom. The van der Waals surface area contributed by atoms with Gasteiger partial charge in [-0.2, -0.15) is 5.26 Å². The minimum Gasteiger partial charge on any atom is -0.366 e. The van der Waals surface area contributed by atoms with Gasteiger partial charge in [0.2, 0.25) is 0 Å². The number of hydrogen-bond donors (Lipinski definition) is 0. The molecular formula is C25H25N3O2. The van der Waals surface area contributed by atoms with Gasteiger partial charge in [0.25, 0.3) is 11.8 Å². The summed E-state index contributed by atoms with van der Waals surface area (Å²) in [6.45, 7) is 7.76. The first-order valence-electron chi connectivity index (χ1n) is 10.4. The van der Waals surface area contributed by atoms with Gasteiger partial charge in [-0.1, -0.05) is 30.7 Å². The van der Waals surface area contributed by atoms with Crippen LogP contribution < -0.4 is 4.90 Å². The molecule has 2 aliphatic heterocycles. The number of imide groups is 1. The van der Waals surface area contributed by atoms with E-state index in [9.17, 15) is 9.59 Å². The number of anilines is 1. The van der Waals surface area contributed by atoms with Gasteiger partial charge in [-0.05, 0) is 68.0 Å². The number of aryl methyl sites for hydroxylation is 2. The van der Waals surface area contributed by atoms with E-state index in [1.807, 2.05) is 32.0 Å². The van der Waals surface area contributed by atoms with Crippen molar-refractivity contribution in [2.45, 2.75) is 33.6 Å². The van der Waals surface area contributed by atoms with Crippen LogP contribution in [0.15, 0.2) is 48.2 Å². The number of carbonyl (C=O) groups excluding carboxylic acids is 2. The summed E-state index contributed by atoms with van der Waals surface area (Å²) < 4.78 is 0. The lowest BCUT2D eigenvalue weighted by Crippen LogP contribution is -2.38. The molecule has 0 saturated carbocycles. The molecule has 2 aromatic rings. The monoisotopic (exact) mass is 399 g/mol. The Kier molecular flexibility index (Phi) is 5.17. The minimum atomic E-state index is -0.301. The molecule has 2 amide bonds. The Morgan fingerprint density at radius 3 is 2.23 bits per heavy atom. The van der Waals surface area contributed by atoms with Crippen LogP contribution in [0.1, 0.15) is 42.0 Å². The van der Waals surface area contributed by atoms with Crippen LogP contribution in [0.5, 0.6) is 0 Å². The van der Waals surface area contributed by atoms with Gasteiger partial charge in [-0.25, -0.2) is 4.90 Å². The maximum absolute atomic E-state index is 13.6. The van der Waals surface area contributed by atoms with Gasteiger partial charge in [0.15, 0.2) is 0 Å². The van der Waals surface area contributed by atoms with E-state index in [0.29, 0.717) is 28.4 Å². The van der Waals surface area contributed by atoms with Crippen LogP contribution >= 0.6 is 0 Å². The molecule has 0 aromatic heterocycles. The number of rotatable bonds is 3. The van der Waals surface area contributed by atoms with Crippen molar-refractivity contribution >= 4 is 23.1 Å². The Labute approximate surface area is 177 Å². The molecule has 0 N–H and O–H groups in total. The van der Waals surface area contributed by atoms with Crippen molar-refractivity contribution in [1.82, 2.24) is 4.90 Å². The van der Waals surface area contributed by atoms with Crippen molar-refractivity contribution in [3.05, 3.63) is 70.4 Å². The van der Waals surface area contributed by atoms with E-state index in [4.69, 9.17) is 5.26 Å². The number of benzene rings is 2. The molecule has 0 radical (unpaired) electrons. The SMILES string of the molecule is Cc1ccc(C2=C(N3CCC(C)CC3)C(=O)N(c3ccc(C#N)cc3)C2=O)c(C)c1. The van der Waals surface area contributed by atoms with Crippen molar-refractivity contribution in [3.8, 4) is 6.07 Å². The van der Waals surface area contributed by atoms with E-state index >= 15 is 0 Å². The maximum atomic E-state index is 13.6. The molecule has 5 nitrogen and oxygen atoms in total. The first-order valence-corrected chi connectivity index (χ1v) is 10.4. The molecule has 5 heteroatoms. The third kappa shape index (κ3) is 3.39. The van der Waals surface area contributed by atoms with E-state index in [1.165, 1.54) is 4.90 Å². The molecule has 0 unspecified atom stereocenters. The third-order valence-electron chi connectivity index (χ3n) is 6.07. The topological polar surface area (TPSA) is 64.4 Å². The number of likely N-dealkylation sites (tertiary alicyclic amines) is 1. The molecule has 1 saturated heterocycles. The van der Waals surface area contributed by atoms with Gasteiger partial charge in [0, 0.05) is 13.1 Å². The van der Waals surface area contributed by atoms with Gasteiger partial charge in [0.1, 0.15) is 5.70 Å². The predicted molar refractivity (Wildman–Crippen MR) is 116 cm³/mol. The molecule has 2 aromatic carbocycles. The fraction of sp³-hybridized carbons (Fsp3) is 0.320. The second kappa shape index (κ2) is 7.79. The average molecular weight is 399 g/mol. The van der Waals surface area contributed by atoms with Crippen molar-refractivity contribution in [3.63, 3.8) is 0 Å². The number of piperidine rings is 1. The van der Waals surface area contributed by atoms with Gasteiger partial charge in [-0.15, -0.1) is 0 Å². The Morgan fingerprint density at radius 2 is 1.63 bits per heavy atom. The maximum Gasteiger partial charge on any atom is 0.282 e. The van der Waals surface area contributed by atoms with Gasteiger partial charge >= 0.3 is 0 Å². The third-order valence-corrected chi connectivity index (χ3v) is 6.07. The van der Waals surface area contributed by atoms with Crippen LogP contribution in [0.3, 0.4) is 0 Å². The summed E-state index contributed by atoms with van der Waals surface area (Å²) in [4.78, 5) is 30.5. The molecule has 0 bridgehead atoms. The quantitative estimate of drug-likeness (QED) is 0.726. The van der Waals surface area contributed by atoms with Crippen molar-refractivity contribution < 1.29 is 9.59 Å². The summed E-state index contributed by atoms with van der Waals surface area (Å²) in [6.07, 6.45) is 2.00. The van der Waals surface area contributed by atoms with Gasteiger partial charge < -0.3 is 4.90 Å². The summed E-state index contributed by atoms with van der Waals surface area (Å²) in [5, 5.41) is 9.06. The lowest BCUT2D eigenvalue weighted by Gasteiger charge is -2.32. The molecular weight excluding hydrogens is 374 g/mol. The minimum absolute atomic E-state index is 0.283. The largest absolute Gasteiger partial charge is 0.366 e. The summed E-state index contributed by atoms with van der Waals surface area (Å²) in [5.41, 5.74) is 4.88. The Balaban J connectivity index is 1.82. The summed E-state index contributed by atoms with van der Waals surface area (Å²) in [7, 11) is 0. The van der Waals surface area contributed by atoms with Crippen LogP contribution in [0, 0.1) is 31.1 Å². The van der Waals surface area contributed by atoms with Crippen LogP contribution in [-0.2, 0) is 9.59 Å². The van der Waals surface area contributed by atoms with E-state index in [-0.39, 0.29) is 11.8 Å². The average Bonchev–Trinajstić information content (AvgIpc) is 2.99. The van der Waals surface area contributed by atoms with Crippen LogP contribution in [-0.4, -0.2) is 29.8 Å². The predicted octanol–water partition coefficient (Wildman–Crippen LogP) is 4.19. The smallest absolute Gasteiger partial charge is 0.282 e. The molecule has 0 spiro atoms. The molecule has 152 valence electrons. The Bertz CT molecular complexity index is 1080. The van der Waals surface area contributed by atoms with Crippen molar-refractivity contribution in [2.24, 2.45) is 5.92 Å². The number of carbonyl (C=O) groups is 2. The van der Waals surface area contributed by atoms with Crippen LogP contribution in [0.4, 0.5) is 5.69 Å². The molecule has 2 heterocycles. The van der Waals surface area contributed by atoms with Gasteiger partial charge in [0.05, 0.1) is 22.9 Å². The fourth-order valence-electron chi connectivity index (χ4n) is 4.30. The van der Waals surface area contributed by atoms with E-state index in [0.717, 1.165) is 42.6 Å². The highest BCUT2D eigenvalue weighted by molar-refractivity contribution is 6.45. The highest BCUT2D eigenvalue weighted by Gasteiger charge is 2.43. The van der Waals surface area contributed by atoms with E-state index in [2.05, 4.69) is 17.9 Å². The Hall–Kier alpha value is -3.39. The number of hydrogen-bond acceptors (Lipinski definition) is 4. The summed E-state index contributed by atoms with van der Waals surface area (Å²) in [5.74, 6) is 0.0350. The highest BCUT2D eigenvalue weighted by Crippen LogP contribution is 2.37. The van der Waals surface area contributed by atoms with Crippen molar-refractivity contribution in [1.29, 1.82) is 5.26 Å². The zero-order valence-corrected chi connectivity index (χ0v) is 17.6. The van der Waals surface area contributed by atoms with Gasteiger partial charge in [-0.3, -0.25) is 9.59 Å². The first-order chi connectivity index (χ1) is 14.4. The molecule has 4 rings (SSSR count). The number of nitrogens with zero attached hydrogens (tertiary/aromatic N) is 3. The van der Waals surface area contributed by atoms with Crippen LogP contribution in [0.25, 0.3) is 5.57 Å². The standard InChI is InChI=1S/C25H25N3O2/c1-16-10-12-27(13-11-16)23-22(21-9-4-17(2)14-18(21)3)24(29)28(25(23)30)20-7-5-19(15-26)6-8-20/h4-9,14,16H,10-13H2,1-3H3. The molecule has 30 heavy (non-hydrogen) atoms. The zero-order chi connectivity index (χ0) is 21.4. The molecule has 0 atom stereocenters. The lowest BCUT2D eigenvalue weighted by molar-refractivity contribution is -0.120. The second-order valence-electron chi connectivity index (χ2n) is 8.32. The molecule has 2 aliphatic rings. The fourth-order valence-corrected chi connectivity index (χ4v) is 4.30. The number of amides is 2. The summed E-state index contributed by atoms with van der Waals surface area (Å²) >= 11 is 0. The molecule has 1 fully saturated rings. The first kappa shape index (κ1) is 19.9. The molecule has 0 aliphatic carbocycles. The highest BCUT2D eigenvalue weighted by atomic mass is 16.2. The zero-order valence-electron chi connectivity index (χ0n) is 17.6. The van der Waals surface area contributed by atoms with Crippen molar-refractivity contribution in [2.75, 3.05) is 18.0 Å². The second-order valence-corrected chi connectivity index (χ2v) is 8.32. The van der Waals surface area contributed by atoms with E-state index in [1.54, 1.807) is 24.3 Å². The van der Waals surface area contributed by atoms with Crippen LogP contribution in [0.2, 0.25) is 0 Å².